The molecule has 118 valence electrons. The maximum absolute atomic E-state index is 12.5. The molecule has 0 saturated carbocycles. The number of nitrogens with zero attached hydrogens (tertiary/aromatic N) is 1. The number of para-hydroxylation sites is 2. The average molecular weight is 302 g/mol. The summed E-state index contributed by atoms with van der Waals surface area (Å²) in [6, 6.07) is 6.34. The number of halogens is 3. The standard InChI is InChI=1S/C15H21F3N2O/c1-3-14(4-2)11-20(10-9-19-14)12-7-5-6-8-13(12)21-15(16,17)18/h5-8,19H,3-4,9-11H2,1-2H3. The molecule has 0 bridgehead atoms. The van der Waals surface area contributed by atoms with Crippen LogP contribution >= 0.6 is 0 Å². The van der Waals surface area contributed by atoms with E-state index < -0.39 is 6.36 Å². The quantitative estimate of drug-likeness (QED) is 0.920. The molecule has 21 heavy (non-hydrogen) atoms. The van der Waals surface area contributed by atoms with Gasteiger partial charge in [-0.2, -0.15) is 0 Å². The van der Waals surface area contributed by atoms with Gasteiger partial charge in [0.15, 0.2) is 5.75 Å². The summed E-state index contributed by atoms with van der Waals surface area (Å²) < 4.78 is 41.7. The Balaban J connectivity index is 2.25. The Morgan fingerprint density at radius 3 is 2.52 bits per heavy atom. The number of anilines is 1. The minimum Gasteiger partial charge on any atom is -0.404 e. The predicted molar refractivity (Wildman–Crippen MR) is 76.7 cm³/mol. The third-order valence-electron chi connectivity index (χ3n) is 4.16. The van der Waals surface area contributed by atoms with Crippen LogP contribution < -0.4 is 15.0 Å². The number of hydrogen-bond acceptors (Lipinski definition) is 3. The van der Waals surface area contributed by atoms with Crippen LogP contribution in [-0.2, 0) is 0 Å². The third-order valence-corrected chi connectivity index (χ3v) is 4.16. The summed E-state index contributed by atoms with van der Waals surface area (Å²) in [5, 5.41) is 3.49. The highest BCUT2D eigenvalue weighted by atomic mass is 19.4. The first kappa shape index (κ1) is 15.9. The lowest BCUT2D eigenvalue weighted by Gasteiger charge is -2.44. The molecule has 1 N–H and O–H groups in total. The Hall–Kier alpha value is -1.43. The van der Waals surface area contributed by atoms with Crippen molar-refractivity contribution in [1.29, 1.82) is 0 Å². The van der Waals surface area contributed by atoms with Gasteiger partial charge in [-0.1, -0.05) is 26.0 Å². The lowest BCUT2D eigenvalue weighted by atomic mass is 9.90. The van der Waals surface area contributed by atoms with E-state index in [1.807, 2.05) is 4.90 Å². The van der Waals surface area contributed by atoms with Crippen LogP contribution in [0.25, 0.3) is 0 Å². The van der Waals surface area contributed by atoms with Gasteiger partial charge in [0.1, 0.15) is 0 Å². The van der Waals surface area contributed by atoms with Gasteiger partial charge < -0.3 is 15.0 Å². The molecule has 1 aromatic carbocycles. The van der Waals surface area contributed by atoms with E-state index >= 15 is 0 Å². The molecule has 2 rings (SSSR count). The van der Waals surface area contributed by atoms with Crippen LogP contribution in [0.15, 0.2) is 24.3 Å². The highest BCUT2D eigenvalue weighted by Gasteiger charge is 2.35. The Bertz CT molecular complexity index is 472. The lowest BCUT2D eigenvalue weighted by molar-refractivity contribution is -0.274. The van der Waals surface area contributed by atoms with Gasteiger partial charge in [-0.3, -0.25) is 0 Å². The van der Waals surface area contributed by atoms with E-state index in [9.17, 15) is 13.2 Å². The van der Waals surface area contributed by atoms with E-state index in [1.165, 1.54) is 6.07 Å². The molecule has 1 aromatic rings. The maximum atomic E-state index is 12.5. The van der Waals surface area contributed by atoms with Crippen molar-refractivity contribution in [3.8, 4) is 5.75 Å². The molecule has 6 heteroatoms. The van der Waals surface area contributed by atoms with Crippen molar-refractivity contribution in [2.45, 2.75) is 38.6 Å². The summed E-state index contributed by atoms with van der Waals surface area (Å²) >= 11 is 0. The number of nitrogens with one attached hydrogen (secondary N) is 1. The van der Waals surface area contributed by atoms with Gasteiger partial charge in [-0.15, -0.1) is 13.2 Å². The van der Waals surface area contributed by atoms with Gasteiger partial charge in [-0.05, 0) is 25.0 Å². The number of piperazine rings is 1. The first-order chi connectivity index (χ1) is 9.89. The summed E-state index contributed by atoms with van der Waals surface area (Å²) in [4.78, 5) is 1.98. The SMILES string of the molecule is CCC1(CC)CN(c2ccccc2OC(F)(F)F)CCN1. The topological polar surface area (TPSA) is 24.5 Å². The second-order valence-corrected chi connectivity index (χ2v) is 5.35. The molecule has 0 spiro atoms. The van der Waals surface area contributed by atoms with Crippen LogP contribution in [0.3, 0.4) is 0 Å². The summed E-state index contributed by atoms with van der Waals surface area (Å²) in [6.45, 7) is 6.29. The monoisotopic (exact) mass is 302 g/mol. The van der Waals surface area contributed by atoms with Gasteiger partial charge in [0, 0.05) is 25.2 Å². The fourth-order valence-corrected chi connectivity index (χ4v) is 2.81. The zero-order chi connectivity index (χ0) is 15.5. The van der Waals surface area contributed by atoms with E-state index in [1.54, 1.807) is 18.2 Å². The molecule has 1 heterocycles. The summed E-state index contributed by atoms with van der Waals surface area (Å²) in [5.74, 6) is -0.131. The Labute approximate surface area is 123 Å². The Morgan fingerprint density at radius 2 is 1.90 bits per heavy atom. The fraction of sp³-hybridized carbons (Fsp3) is 0.600. The van der Waals surface area contributed by atoms with Crippen molar-refractivity contribution in [2.75, 3.05) is 24.5 Å². The van der Waals surface area contributed by atoms with Gasteiger partial charge >= 0.3 is 6.36 Å². The molecule has 1 aliphatic heterocycles. The number of benzene rings is 1. The van der Waals surface area contributed by atoms with E-state index in [2.05, 4.69) is 23.9 Å². The first-order valence-corrected chi connectivity index (χ1v) is 7.24. The fourth-order valence-electron chi connectivity index (χ4n) is 2.81. The van der Waals surface area contributed by atoms with Gasteiger partial charge in [0.2, 0.25) is 0 Å². The van der Waals surface area contributed by atoms with Gasteiger partial charge in [-0.25, -0.2) is 0 Å². The number of hydrogen-bond donors (Lipinski definition) is 1. The molecular weight excluding hydrogens is 281 g/mol. The average Bonchev–Trinajstić information content (AvgIpc) is 2.46. The van der Waals surface area contributed by atoms with Crippen molar-refractivity contribution in [2.24, 2.45) is 0 Å². The van der Waals surface area contributed by atoms with Crippen LogP contribution in [-0.4, -0.2) is 31.5 Å². The molecule has 0 atom stereocenters. The van der Waals surface area contributed by atoms with Crippen LogP contribution in [0.1, 0.15) is 26.7 Å². The molecular formula is C15H21F3N2O. The molecule has 0 radical (unpaired) electrons. The molecule has 0 aliphatic carbocycles. The number of alkyl halides is 3. The second-order valence-electron chi connectivity index (χ2n) is 5.35. The van der Waals surface area contributed by atoms with Crippen LogP contribution in [0.4, 0.5) is 18.9 Å². The summed E-state index contributed by atoms with van der Waals surface area (Å²) in [7, 11) is 0. The molecule has 0 amide bonds. The Morgan fingerprint density at radius 1 is 1.24 bits per heavy atom. The lowest BCUT2D eigenvalue weighted by Crippen LogP contribution is -2.60. The molecule has 1 saturated heterocycles. The Kier molecular flexibility index (Phi) is 4.66. The van der Waals surface area contributed by atoms with Crippen LogP contribution in [0.2, 0.25) is 0 Å². The van der Waals surface area contributed by atoms with Gasteiger partial charge in [0.05, 0.1) is 5.69 Å². The maximum Gasteiger partial charge on any atom is 0.573 e. The van der Waals surface area contributed by atoms with Crippen molar-refractivity contribution in [1.82, 2.24) is 5.32 Å². The largest absolute Gasteiger partial charge is 0.573 e. The molecule has 0 unspecified atom stereocenters. The normalized spacial score (nSPS) is 18.6. The van der Waals surface area contributed by atoms with E-state index in [0.29, 0.717) is 18.8 Å². The van der Waals surface area contributed by atoms with E-state index in [0.717, 1.165) is 19.4 Å². The van der Waals surface area contributed by atoms with Crippen molar-refractivity contribution >= 4 is 5.69 Å². The molecule has 3 nitrogen and oxygen atoms in total. The van der Waals surface area contributed by atoms with E-state index in [4.69, 9.17) is 0 Å². The molecule has 1 fully saturated rings. The minimum absolute atomic E-state index is 0.0520. The van der Waals surface area contributed by atoms with Gasteiger partial charge in [0.25, 0.3) is 0 Å². The number of rotatable bonds is 4. The van der Waals surface area contributed by atoms with Crippen molar-refractivity contribution in [3.05, 3.63) is 24.3 Å². The highest BCUT2D eigenvalue weighted by molar-refractivity contribution is 5.59. The number of ether oxygens (including phenoxy) is 1. The highest BCUT2D eigenvalue weighted by Crippen LogP contribution is 2.34. The molecule has 1 aliphatic rings. The van der Waals surface area contributed by atoms with E-state index in [-0.39, 0.29) is 11.3 Å². The van der Waals surface area contributed by atoms with Crippen molar-refractivity contribution < 1.29 is 17.9 Å². The van der Waals surface area contributed by atoms with Crippen LogP contribution in [0.5, 0.6) is 5.75 Å². The predicted octanol–water partition coefficient (Wildman–Crippen LogP) is 3.55. The van der Waals surface area contributed by atoms with Crippen LogP contribution in [0, 0.1) is 0 Å². The summed E-state index contributed by atoms with van der Waals surface area (Å²) in [6.07, 6.45) is -2.80. The second kappa shape index (κ2) is 6.13. The summed E-state index contributed by atoms with van der Waals surface area (Å²) in [5.41, 5.74) is 0.450. The zero-order valence-electron chi connectivity index (χ0n) is 12.3. The minimum atomic E-state index is -4.67. The zero-order valence-corrected chi connectivity index (χ0v) is 12.3. The third kappa shape index (κ3) is 3.81. The molecule has 0 aromatic heterocycles. The van der Waals surface area contributed by atoms with Crippen molar-refractivity contribution in [3.63, 3.8) is 0 Å². The first-order valence-electron chi connectivity index (χ1n) is 7.24. The smallest absolute Gasteiger partial charge is 0.404 e.